The number of ether oxygens (including phenoxy) is 1. The first-order valence-corrected chi connectivity index (χ1v) is 7.05. The van der Waals surface area contributed by atoms with E-state index in [-0.39, 0.29) is 0 Å². The number of hydrogen-bond acceptors (Lipinski definition) is 4. The zero-order chi connectivity index (χ0) is 13.0. The third-order valence-electron chi connectivity index (χ3n) is 2.76. The van der Waals surface area contributed by atoms with Gasteiger partial charge in [-0.3, -0.25) is 4.98 Å². The van der Waals surface area contributed by atoms with Crippen molar-refractivity contribution < 1.29 is 4.74 Å². The van der Waals surface area contributed by atoms with Crippen LogP contribution in [-0.4, -0.2) is 16.6 Å². The Labute approximate surface area is 112 Å². The topological polar surface area (TPSA) is 35.0 Å². The summed E-state index contributed by atoms with van der Waals surface area (Å²) in [5.74, 6) is 0. The smallest absolute Gasteiger partial charge is 0.124 e. The molecule has 3 nitrogen and oxygen atoms in total. The molecule has 96 valence electrons. The summed E-state index contributed by atoms with van der Waals surface area (Å²) in [5.41, 5.74) is 3.32. The molecular formula is C14H18N2OS. The molecule has 0 saturated heterocycles. The van der Waals surface area contributed by atoms with Gasteiger partial charge in [0.05, 0.1) is 17.2 Å². The second-order valence-corrected chi connectivity index (χ2v) is 5.14. The van der Waals surface area contributed by atoms with Gasteiger partial charge >= 0.3 is 0 Å². The lowest BCUT2D eigenvalue weighted by molar-refractivity contribution is 0.136. The van der Waals surface area contributed by atoms with Gasteiger partial charge in [-0.1, -0.05) is 6.92 Å². The molecule has 0 radical (unpaired) electrons. The number of thiazole rings is 1. The summed E-state index contributed by atoms with van der Waals surface area (Å²) in [5, 5.41) is 1.05. The molecule has 0 aliphatic rings. The molecule has 2 aromatic rings. The van der Waals surface area contributed by atoms with Crippen molar-refractivity contribution in [1.82, 2.24) is 9.97 Å². The Morgan fingerprint density at radius 2 is 2.17 bits per heavy atom. The standard InChI is InChI=1S/C14H18N2OS/c1-4-12-8-11(6-7-15-12)14-16-10(3)13(18-14)9-17-5-2/h6-8H,4-5,9H2,1-3H3. The maximum atomic E-state index is 5.45. The van der Waals surface area contributed by atoms with Gasteiger partial charge in [-0.25, -0.2) is 4.98 Å². The van der Waals surface area contributed by atoms with Crippen molar-refractivity contribution in [3.63, 3.8) is 0 Å². The summed E-state index contributed by atoms with van der Waals surface area (Å²) >= 11 is 1.71. The Kier molecular flexibility index (Phi) is 4.44. The van der Waals surface area contributed by atoms with Gasteiger partial charge in [0.2, 0.25) is 0 Å². The lowest BCUT2D eigenvalue weighted by Crippen LogP contribution is -1.90. The third-order valence-corrected chi connectivity index (χ3v) is 3.94. The second kappa shape index (κ2) is 6.07. The van der Waals surface area contributed by atoms with Crippen molar-refractivity contribution in [1.29, 1.82) is 0 Å². The maximum Gasteiger partial charge on any atom is 0.124 e. The summed E-state index contributed by atoms with van der Waals surface area (Å²) in [4.78, 5) is 10.1. The Hall–Kier alpha value is -1.26. The van der Waals surface area contributed by atoms with Crippen LogP contribution in [-0.2, 0) is 17.8 Å². The maximum absolute atomic E-state index is 5.45. The van der Waals surface area contributed by atoms with Crippen molar-refractivity contribution in [2.24, 2.45) is 0 Å². The predicted molar refractivity (Wildman–Crippen MR) is 74.8 cm³/mol. The van der Waals surface area contributed by atoms with E-state index < -0.39 is 0 Å². The molecule has 0 aliphatic heterocycles. The average Bonchev–Trinajstić information content (AvgIpc) is 2.78. The minimum Gasteiger partial charge on any atom is -0.376 e. The summed E-state index contributed by atoms with van der Waals surface area (Å²) in [7, 11) is 0. The monoisotopic (exact) mass is 262 g/mol. The fraction of sp³-hybridized carbons (Fsp3) is 0.429. The van der Waals surface area contributed by atoms with Crippen LogP contribution in [0.3, 0.4) is 0 Å². The fourth-order valence-corrected chi connectivity index (χ4v) is 2.68. The molecule has 4 heteroatoms. The Balaban J connectivity index is 2.27. The van der Waals surface area contributed by atoms with E-state index in [4.69, 9.17) is 4.74 Å². The normalized spacial score (nSPS) is 10.8. The highest BCUT2D eigenvalue weighted by Crippen LogP contribution is 2.28. The molecule has 18 heavy (non-hydrogen) atoms. The van der Waals surface area contributed by atoms with Gasteiger partial charge in [0, 0.05) is 24.1 Å². The average molecular weight is 262 g/mol. The van der Waals surface area contributed by atoms with E-state index >= 15 is 0 Å². The van der Waals surface area contributed by atoms with Crippen molar-refractivity contribution >= 4 is 11.3 Å². The lowest BCUT2D eigenvalue weighted by Gasteiger charge is -1.99. The van der Waals surface area contributed by atoms with Crippen LogP contribution in [0.1, 0.15) is 30.1 Å². The quantitative estimate of drug-likeness (QED) is 0.825. The van der Waals surface area contributed by atoms with E-state index in [0.29, 0.717) is 6.61 Å². The molecule has 0 amide bonds. The number of pyridine rings is 1. The van der Waals surface area contributed by atoms with Crippen LogP contribution in [0.2, 0.25) is 0 Å². The number of aromatic nitrogens is 2. The van der Waals surface area contributed by atoms with Crippen LogP contribution in [0.15, 0.2) is 18.3 Å². The number of nitrogens with zero attached hydrogens (tertiary/aromatic N) is 2. The molecular weight excluding hydrogens is 244 g/mol. The molecule has 0 fully saturated rings. The lowest BCUT2D eigenvalue weighted by atomic mass is 10.2. The van der Waals surface area contributed by atoms with E-state index in [1.807, 2.05) is 26.1 Å². The zero-order valence-electron chi connectivity index (χ0n) is 11.1. The van der Waals surface area contributed by atoms with Crippen molar-refractivity contribution in [3.05, 3.63) is 34.6 Å². The molecule has 0 spiro atoms. The van der Waals surface area contributed by atoms with E-state index in [2.05, 4.69) is 23.0 Å². The SMILES string of the molecule is CCOCc1sc(-c2ccnc(CC)c2)nc1C. The van der Waals surface area contributed by atoms with Crippen LogP contribution in [0, 0.1) is 6.92 Å². The highest BCUT2D eigenvalue weighted by atomic mass is 32.1. The van der Waals surface area contributed by atoms with E-state index in [1.165, 1.54) is 4.88 Å². The molecule has 2 aromatic heterocycles. The number of aryl methyl sites for hydroxylation is 2. The van der Waals surface area contributed by atoms with Gasteiger partial charge in [-0.05, 0) is 32.4 Å². The number of rotatable bonds is 5. The Morgan fingerprint density at radius 3 is 2.89 bits per heavy atom. The van der Waals surface area contributed by atoms with E-state index in [1.54, 1.807) is 11.3 Å². The highest BCUT2D eigenvalue weighted by molar-refractivity contribution is 7.15. The summed E-state index contributed by atoms with van der Waals surface area (Å²) in [6.07, 6.45) is 2.80. The first kappa shape index (κ1) is 13.2. The Bertz CT molecular complexity index is 522. The van der Waals surface area contributed by atoms with Crippen LogP contribution in [0.5, 0.6) is 0 Å². The van der Waals surface area contributed by atoms with Gasteiger partial charge in [0.1, 0.15) is 5.01 Å². The Morgan fingerprint density at radius 1 is 1.33 bits per heavy atom. The number of hydrogen-bond donors (Lipinski definition) is 0. The molecule has 0 atom stereocenters. The summed E-state index contributed by atoms with van der Waals surface area (Å²) in [6.45, 7) is 7.55. The molecule has 0 aliphatic carbocycles. The van der Waals surface area contributed by atoms with E-state index in [0.717, 1.165) is 35.0 Å². The van der Waals surface area contributed by atoms with Crippen LogP contribution in [0.25, 0.3) is 10.6 Å². The van der Waals surface area contributed by atoms with Crippen molar-refractivity contribution in [2.45, 2.75) is 33.8 Å². The van der Waals surface area contributed by atoms with Gasteiger partial charge in [-0.2, -0.15) is 0 Å². The predicted octanol–water partition coefficient (Wildman–Crippen LogP) is 3.61. The minimum absolute atomic E-state index is 0.658. The second-order valence-electron chi connectivity index (χ2n) is 4.05. The van der Waals surface area contributed by atoms with Gasteiger partial charge in [0.25, 0.3) is 0 Å². The summed E-state index contributed by atoms with van der Waals surface area (Å²) < 4.78 is 5.45. The zero-order valence-corrected chi connectivity index (χ0v) is 11.9. The van der Waals surface area contributed by atoms with Crippen LogP contribution >= 0.6 is 11.3 Å². The van der Waals surface area contributed by atoms with Crippen LogP contribution < -0.4 is 0 Å². The molecule has 0 saturated carbocycles. The first-order valence-electron chi connectivity index (χ1n) is 6.24. The molecule has 0 N–H and O–H groups in total. The van der Waals surface area contributed by atoms with Gasteiger partial charge in [0.15, 0.2) is 0 Å². The molecule has 0 unspecified atom stereocenters. The third kappa shape index (κ3) is 2.94. The van der Waals surface area contributed by atoms with Crippen molar-refractivity contribution in [2.75, 3.05) is 6.61 Å². The van der Waals surface area contributed by atoms with Gasteiger partial charge < -0.3 is 4.74 Å². The minimum atomic E-state index is 0.658. The molecule has 2 heterocycles. The van der Waals surface area contributed by atoms with Gasteiger partial charge in [-0.15, -0.1) is 11.3 Å². The molecule has 0 bridgehead atoms. The highest BCUT2D eigenvalue weighted by Gasteiger charge is 2.09. The molecule has 2 rings (SSSR count). The van der Waals surface area contributed by atoms with E-state index in [9.17, 15) is 0 Å². The van der Waals surface area contributed by atoms with Crippen LogP contribution in [0.4, 0.5) is 0 Å². The fourth-order valence-electron chi connectivity index (χ4n) is 1.68. The first-order chi connectivity index (χ1) is 8.74. The largest absolute Gasteiger partial charge is 0.376 e. The van der Waals surface area contributed by atoms with Crippen molar-refractivity contribution in [3.8, 4) is 10.6 Å². The molecule has 0 aromatic carbocycles. The summed E-state index contributed by atoms with van der Waals surface area (Å²) in [6, 6.07) is 4.13.